The van der Waals surface area contributed by atoms with Gasteiger partial charge in [0.25, 0.3) is 0 Å². The van der Waals surface area contributed by atoms with E-state index in [0.717, 1.165) is 18.2 Å². The largest absolute Gasteiger partial charge is 0.359 e. The molecule has 5 heteroatoms. The first kappa shape index (κ1) is 13.1. The van der Waals surface area contributed by atoms with Gasteiger partial charge in [0.15, 0.2) is 5.96 Å². The lowest BCUT2D eigenvalue weighted by molar-refractivity contribution is 0.665. The molecule has 0 aliphatic carbocycles. The molecule has 0 fully saturated rings. The number of aromatic nitrogens is 2. The number of rotatable bonds is 4. The van der Waals surface area contributed by atoms with Crippen LogP contribution in [0, 0.1) is 0 Å². The fourth-order valence-corrected chi connectivity index (χ4v) is 1.81. The van der Waals surface area contributed by atoms with Crippen LogP contribution in [0.1, 0.15) is 11.3 Å². The highest BCUT2D eigenvalue weighted by molar-refractivity contribution is 5.79. The molecule has 2 rings (SSSR count). The minimum atomic E-state index is 0.662. The van der Waals surface area contributed by atoms with Gasteiger partial charge in [0.1, 0.15) is 0 Å². The summed E-state index contributed by atoms with van der Waals surface area (Å²) in [6.45, 7) is 1.46. The first-order valence-corrected chi connectivity index (χ1v) is 6.26. The standard InChI is InChI=1S/C14H19N5/c1-15-14(16-2)17-10-13-8-9-19(18-13)11-12-6-4-3-5-7-12/h3-9H,10-11H2,1-2H3,(H2,15,16,17). The average Bonchev–Trinajstić information content (AvgIpc) is 2.89. The van der Waals surface area contributed by atoms with Gasteiger partial charge in [0.05, 0.1) is 18.8 Å². The third-order valence-corrected chi connectivity index (χ3v) is 2.78. The minimum absolute atomic E-state index is 0.662. The zero-order valence-corrected chi connectivity index (χ0v) is 11.3. The van der Waals surface area contributed by atoms with E-state index in [4.69, 9.17) is 0 Å². The lowest BCUT2D eigenvalue weighted by Gasteiger charge is -2.06. The second-order valence-electron chi connectivity index (χ2n) is 4.17. The van der Waals surface area contributed by atoms with Crippen molar-refractivity contribution in [1.29, 1.82) is 0 Å². The van der Waals surface area contributed by atoms with E-state index in [1.807, 2.05) is 42.2 Å². The zero-order chi connectivity index (χ0) is 13.5. The second kappa shape index (κ2) is 6.58. The molecule has 0 bridgehead atoms. The van der Waals surface area contributed by atoms with Gasteiger partial charge in [-0.2, -0.15) is 5.10 Å². The molecule has 100 valence electrons. The van der Waals surface area contributed by atoms with E-state index in [9.17, 15) is 0 Å². The molecule has 0 saturated carbocycles. The molecule has 1 heterocycles. The van der Waals surface area contributed by atoms with E-state index >= 15 is 0 Å². The van der Waals surface area contributed by atoms with Crippen molar-refractivity contribution in [1.82, 2.24) is 20.4 Å². The van der Waals surface area contributed by atoms with Gasteiger partial charge in [0.2, 0.25) is 0 Å². The monoisotopic (exact) mass is 257 g/mol. The van der Waals surface area contributed by atoms with E-state index in [2.05, 4.69) is 32.9 Å². The van der Waals surface area contributed by atoms with Gasteiger partial charge >= 0.3 is 0 Å². The van der Waals surface area contributed by atoms with Crippen LogP contribution in [0.25, 0.3) is 0 Å². The molecule has 19 heavy (non-hydrogen) atoms. The van der Waals surface area contributed by atoms with Crippen molar-refractivity contribution in [3.8, 4) is 0 Å². The molecule has 0 spiro atoms. The van der Waals surface area contributed by atoms with Crippen LogP contribution in [0.5, 0.6) is 0 Å². The van der Waals surface area contributed by atoms with Gasteiger partial charge in [-0.25, -0.2) is 0 Å². The van der Waals surface area contributed by atoms with Crippen LogP contribution in [0.2, 0.25) is 0 Å². The highest BCUT2D eigenvalue weighted by atomic mass is 15.3. The van der Waals surface area contributed by atoms with E-state index in [-0.39, 0.29) is 0 Å². The smallest absolute Gasteiger partial charge is 0.191 e. The SMILES string of the molecule is CN=C(NC)NCc1ccn(Cc2ccccc2)n1. The number of nitrogens with one attached hydrogen (secondary N) is 2. The zero-order valence-electron chi connectivity index (χ0n) is 11.3. The van der Waals surface area contributed by atoms with Crippen LogP contribution in [0.15, 0.2) is 47.6 Å². The Bertz CT molecular complexity index is 530. The van der Waals surface area contributed by atoms with Gasteiger partial charge in [0, 0.05) is 20.3 Å². The number of hydrogen-bond acceptors (Lipinski definition) is 2. The Labute approximate surface area is 113 Å². The summed E-state index contributed by atoms with van der Waals surface area (Å²) in [6, 6.07) is 12.3. The number of guanidine groups is 1. The van der Waals surface area contributed by atoms with Crippen molar-refractivity contribution in [2.45, 2.75) is 13.1 Å². The molecule has 2 aromatic rings. The number of aliphatic imine (C=N–C) groups is 1. The van der Waals surface area contributed by atoms with Crippen molar-refractivity contribution < 1.29 is 0 Å². The average molecular weight is 257 g/mol. The van der Waals surface area contributed by atoms with Crippen LogP contribution in [-0.2, 0) is 13.1 Å². The molecule has 0 saturated heterocycles. The van der Waals surface area contributed by atoms with Gasteiger partial charge in [-0.1, -0.05) is 30.3 Å². The van der Waals surface area contributed by atoms with E-state index in [1.165, 1.54) is 5.56 Å². The van der Waals surface area contributed by atoms with Gasteiger partial charge < -0.3 is 10.6 Å². The summed E-state index contributed by atoms with van der Waals surface area (Å²) in [6.07, 6.45) is 1.99. The van der Waals surface area contributed by atoms with Crippen LogP contribution >= 0.6 is 0 Å². The molecular formula is C14H19N5. The molecule has 1 aromatic carbocycles. The summed E-state index contributed by atoms with van der Waals surface area (Å²) in [7, 11) is 3.58. The fraction of sp³-hybridized carbons (Fsp3) is 0.286. The number of hydrogen-bond donors (Lipinski definition) is 2. The lowest BCUT2D eigenvalue weighted by Crippen LogP contribution is -2.34. The first-order valence-electron chi connectivity index (χ1n) is 6.26. The van der Waals surface area contributed by atoms with Crippen LogP contribution < -0.4 is 10.6 Å². The van der Waals surface area contributed by atoms with Gasteiger partial charge in [-0.3, -0.25) is 9.67 Å². The number of benzene rings is 1. The normalized spacial score (nSPS) is 11.4. The summed E-state index contributed by atoms with van der Waals surface area (Å²) in [5.74, 6) is 0.762. The minimum Gasteiger partial charge on any atom is -0.359 e. The van der Waals surface area contributed by atoms with Crippen molar-refractivity contribution in [3.05, 3.63) is 53.9 Å². The van der Waals surface area contributed by atoms with E-state index < -0.39 is 0 Å². The predicted molar refractivity (Wildman–Crippen MR) is 77.0 cm³/mol. The summed E-state index contributed by atoms with van der Waals surface area (Å²) in [5.41, 5.74) is 2.24. The van der Waals surface area contributed by atoms with Crippen LogP contribution in [0.4, 0.5) is 0 Å². The highest BCUT2D eigenvalue weighted by Crippen LogP contribution is 2.03. The summed E-state index contributed by atoms with van der Waals surface area (Å²) < 4.78 is 1.94. The molecule has 0 aliphatic rings. The molecule has 0 atom stereocenters. The Balaban J connectivity index is 1.92. The topological polar surface area (TPSA) is 54.2 Å². The Morgan fingerprint density at radius 3 is 2.74 bits per heavy atom. The predicted octanol–water partition coefficient (Wildman–Crippen LogP) is 1.23. The molecule has 1 aromatic heterocycles. The van der Waals surface area contributed by atoms with Gasteiger partial charge in [-0.15, -0.1) is 0 Å². The maximum atomic E-state index is 4.52. The van der Waals surface area contributed by atoms with Crippen molar-refractivity contribution in [3.63, 3.8) is 0 Å². The van der Waals surface area contributed by atoms with E-state index in [0.29, 0.717) is 6.54 Å². The summed E-state index contributed by atoms with van der Waals surface area (Å²) >= 11 is 0. The van der Waals surface area contributed by atoms with Crippen LogP contribution in [-0.4, -0.2) is 29.8 Å². The Morgan fingerprint density at radius 1 is 1.26 bits per heavy atom. The molecule has 0 unspecified atom stereocenters. The molecule has 0 aliphatic heterocycles. The quantitative estimate of drug-likeness (QED) is 0.640. The van der Waals surface area contributed by atoms with Gasteiger partial charge in [-0.05, 0) is 11.6 Å². The molecule has 0 radical (unpaired) electrons. The van der Waals surface area contributed by atoms with Crippen molar-refractivity contribution >= 4 is 5.96 Å². The first-order chi connectivity index (χ1) is 9.31. The maximum absolute atomic E-state index is 4.52. The molecule has 5 nitrogen and oxygen atoms in total. The van der Waals surface area contributed by atoms with Crippen LogP contribution in [0.3, 0.4) is 0 Å². The Morgan fingerprint density at radius 2 is 2.05 bits per heavy atom. The van der Waals surface area contributed by atoms with E-state index in [1.54, 1.807) is 7.05 Å². The Kier molecular flexibility index (Phi) is 4.55. The fourth-order valence-electron chi connectivity index (χ4n) is 1.81. The summed E-state index contributed by atoms with van der Waals surface area (Å²) in [5, 5.41) is 10.7. The third-order valence-electron chi connectivity index (χ3n) is 2.78. The molecular weight excluding hydrogens is 238 g/mol. The second-order valence-corrected chi connectivity index (χ2v) is 4.17. The number of nitrogens with zero attached hydrogens (tertiary/aromatic N) is 3. The Hall–Kier alpha value is -2.30. The molecule has 2 N–H and O–H groups in total. The third kappa shape index (κ3) is 3.84. The van der Waals surface area contributed by atoms with Crippen molar-refractivity contribution in [2.24, 2.45) is 4.99 Å². The highest BCUT2D eigenvalue weighted by Gasteiger charge is 2.01. The lowest BCUT2D eigenvalue weighted by atomic mass is 10.2. The van der Waals surface area contributed by atoms with Crippen molar-refractivity contribution in [2.75, 3.05) is 14.1 Å². The maximum Gasteiger partial charge on any atom is 0.191 e. The molecule has 0 amide bonds. The summed E-state index contributed by atoms with van der Waals surface area (Å²) in [4.78, 5) is 4.06.